The molecule has 0 aliphatic rings. The van der Waals surface area contributed by atoms with Crippen LogP contribution in [0.3, 0.4) is 0 Å². The van der Waals surface area contributed by atoms with Crippen LogP contribution in [0.2, 0.25) is 0 Å². The third-order valence-corrected chi connectivity index (χ3v) is 2.88. The van der Waals surface area contributed by atoms with Gasteiger partial charge in [-0.05, 0) is 43.3 Å². The molecule has 0 bridgehead atoms. The molecule has 5 nitrogen and oxygen atoms in total. The highest BCUT2D eigenvalue weighted by Gasteiger charge is 2.05. The Hall–Kier alpha value is -1.73. The summed E-state index contributed by atoms with van der Waals surface area (Å²) in [6, 6.07) is 6.12. The molecule has 0 spiro atoms. The van der Waals surface area contributed by atoms with E-state index >= 15 is 0 Å². The molecule has 3 N–H and O–H groups in total. The van der Waals surface area contributed by atoms with Crippen molar-refractivity contribution in [3.05, 3.63) is 35.6 Å². The fourth-order valence-electron chi connectivity index (χ4n) is 1.65. The lowest BCUT2D eigenvalue weighted by Gasteiger charge is -2.16. The lowest BCUT2D eigenvalue weighted by Crippen LogP contribution is -2.50. The summed E-state index contributed by atoms with van der Waals surface area (Å²) in [7, 11) is 1.60. The molecule has 1 amide bonds. The molecule has 1 atom stereocenters. The second-order valence-corrected chi connectivity index (χ2v) is 5.04. The third-order valence-electron chi connectivity index (χ3n) is 2.66. The van der Waals surface area contributed by atoms with Crippen molar-refractivity contribution in [3.8, 4) is 0 Å². The summed E-state index contributed by atoms with van der Waals surface area (Å²) >= 11 is 5.02. The predicted molar refractivity (Wildman–Crippen MR) is 83.1 cm³/mol. The number of hydrazine groups is 1. The number of nitrogens with one attached hydrogen (secondary N) is 3. The minimum absolute atomic E-state index is 0.0473. The van der Waals surface area contributed by atoms with Crippen molar-refractivity contribution in [2.75, 3.05) is 13.7 Å². The van der Waals surface area contributed by atoms with E-state index in [0.29, 0.717) is 18.1 Å². The van der Waals surface area contributed by atoms with E-state index in [4.69, 9.17) is 17.0 Å². The van der Waals surface area contributed by atoms with Gasteiger partial charge in [-0.2, -0.15) is 0 Å². The number of carbonyl (C=O) groups is 1. The van der Waals surface area contributed by atoms with Crippen LogP contribution in [0.15, 0.2) is 24.3 Å². The number of carbonyl (C=O) groups excluding carboxylic acids is 1. The molecule has 0 unspecified atom stereocenters. The summed E-state index contributed by atoms with van der Waals surface area (Å²) in [6.45, 7) is 2.42. The number of amides is 1. The number of halogens is 1. The summed E-state index contributed by atoms with van der Waals surface area (Å²) < 4.78 is 17.7. The molecule has 0 aromatic heterocycles. The zero-order chi connectivity index (χ0) is 15.7. The minimum Gasteiger partial charge on any atom is -0.383 e. The Balaban J connectivity index is 2.21. The van der Waals surface area contributed by atoms with Gasteiger partial charge in [-0.15, -0.1) is 0 Å². The van der Waals surface area contributed by atoms with Crippen molar-refractivity contribution in [2.45, 2.75) is 25.8 Å². The second-order valence-electron chi connectivity index (χ2n) is 4.63. The van der Waals surface area contributed by atoms with Gasteiger partial charge in [0.05, 0.1) is 6.61 Å². The second kappa shape index (κ2) is 9.25. The number of thiocarbonyl (C=S) groups is 1. The highest BCUT2D eigenvalue weighted by Crippen LogP contribution is 2.05. The summed E-state index contributed by atoms with van der Waals surface area (Å²) in [5, 5.41) is 3.28. The number of rotatable bonds is 6. The van der Waals surface area contributed by atoms with Crippen molar-refractivity contribution in [3.63, 3.8) is 0 Å². The highest BCUT2D eigenvalue weighted by molar-refractivity contribution is 7.80. The molecule has 1 rings (SSSR count). The summed E-state index contributed by atoms with van der Waals surface area (Å²) in [5.41, 5.74) is 6.03. The standard InChI is InChI=1S/C14H20FN3O2S/c1-10(9-20-2)16-14(21)18-17-13(19)8-5-11-3-6-12(15)7-4-11/h3-4,6-7,10H,5,8-9H2,1-2H3,(H,17,19)(H2,16,18,21)/t10-/m0/s1. The lowest BCUT2D eigenvalue weighted by atomic mass is 10.1. The Morgan fingerprint density at radius 2 is 2.00 bits per heavy atom. The van der Waals surface area contributed by atoms with Crippen molar-refractivity contribution in [1.82, 2.24) is 16.2 Å². The number of aryl methyl sites for hydroxylation is 1. The zero-order valence-electron chi connectivity index (χ0n) is 12.1. The number of hydrogen-bond acceptors (Lipinski definition) is 3. The quantitative estimate of drug-likeness (QED) is 0.546. The van der Waals surface area contributed by atoms with Crippen molar-refractivity contribution in [2.24, 2.45) is 0 Å². The SMILES string of the molecule is COC[C@H](C)NC(=S)NNC(=O)CCc1ccc(F)cc1. The fourth-order valence-corrected chi connectivity index (χ4v) is 1.90. The smallest absolute Gasteiger partial charge is 0.238 e. The zero-order valence-corrected chi connectivity index (χ0v) is 12.9. The molecule has 116 valence electrons. The lowest BCUT2D eigenvalue weighted by molar-refractivity contribution is -0.121. The molecule has 0 fully saturated rings. The van der Waals surface area contributed by atoms with Gasteiger partial charge in [0.25, 0.3) is 0 Å². The monoisotopic (exact) mass is 313 g/mol. The molecule has 1 aromatic rings. The molecule has 0 aliphatic carbocycles. The van der Waals surface area contributed by atoms with E-state index in [1.165, 1.54) is 12.1 Å². The van der Waals surface area contributed by atoms with Crippen LogP contribution in [-0.2, 0) is 16.0 Å². The average Bonchev–Trinajstić information content (AvgIpc) is 2.44. The first-order valence-electron chi connectivity index (χ1n) is 6.60. The fraction of sp³-hybridized carbons (Fsp3) is 0.429. The first-order valence-corrected chi connectivity index (χ1v) is 7.01. The molecule has 0 aliphatic heterocycles. The van der Waals surface area contributed by atoms with Crippen molar-refractivity contribution < 1.29 is 13.9 Å². The van der Waals surface area contributed by atoms with Crippen LogP contribution in [0.25, 0.3) is 0 Å². The third kappa shape index (κ3) is 7.57. The molecule has 7 heteroatoms. The van der Waals surface area contributed by atoms with Gasteiger partial charge in [-0.3, -0.25) is 15.6 Å². The van der Waals surface area contributed by atoms with Gasteiger partial charge in [-0.1, -0.05) is 12.1 Å². The van der Waals surface area contributed by atoms with Crippen LogP contribution >= 0.6 is 12.2 Å². The normalized spacial score (nSPS) is 11.6. The predicted octanol–water partition coefficient (Wildman–Crippen LogP) is 1.29. The molecule has 21 heavy (non-hydrogen) atoms. The van der Waals surface area contributed by atoms with Gasteiger partial charge in [0.15, 0.2) is 5.11 Å². The number of hydrogen-bond donors (Lipinski definition) is 3. The average molecular weight is 313 g/mol. The molecular formula is C14H20FN3O2S. The van der Waals surface area contributed by atoms with Crippen LogP contribution in [0.1, 0.15) is 18.9 Å². The maximum absolute atomic E-state index is 12.7. The van der Waals surface area contributed by atoms with Gasteiger partial charge < -0.3 is 10.1 Å². The first kappa shape index (κ1) is 17.3. The van der Waals surface area contributed by atoms with E-state index in [0.717, 1.165) is 5.56 Å². The van der Waals surface area contributed by atoms with Gasteiger partial charge in [0, 0.05) is 19.6 Å². The van der Waals surface area contributed by atoms with Crippen molar-refractivity contribution >= 4 is 23.2 Å². The van der Waals surface area contributed by atoms with E-state index in [-0.39, 0.29) is 24.2 Å². The van der Waals surface area contributed by atoms with E-state index in [1.54, 1.807) is 19.2 Å². The van der Waals surface area contributed by atoms with Crippen LogP contribution in [0.5, 0.6) is 0 Å². The van der Waals surface area contributed by atoms with Crippen LogP contribution < -0.4 is 16.2 Å². The summed E-state index contributed by atoms with van der Waals surface area (Å²) in [4.78, 5) is 11.6. The Labute approximate surface area is 129 Å². The highest BCUT2D eigenvalue weighted by atomic mass is 32.1. The first-order chi connectivity index (χ1) is 10.0. The molecule has 0 radical (unpaired) electrons. The van der Waals surface area contributed by atoms with Crippen LogP contribution in [-0.4, -0.2) is 30.8 Å². The minimum atomic E-state index is -0.286. The van der Waals surface area contributed by atoms with E-state index in [9.17, 15) is 9.18 Å². The molecular weight excluding hydrogens is 293 g/mol. The Kier molecular flexibility index (Phi) is 7.63. The molecule has 0 saturated heterocycles. The van der Waals surface area contributed by atoms with Gasteiger partial charge >= 0.3 is 0 Å². The number of methoxy groups -OCH3 is 1. The summed E-state index contributed by atoms with van der Waals surface area (Å²) in [6.07, 6.45) is 0.822. The van der Waals surface area contributed by atoms with Crippen LogP contribution in [0, 0.1) is 5.82 Å². The maximum Gasteiger partial charge on any atom is 0.238 e. The van der Waals surface area contributed by atoms with Gasteiger partial charge in [-0.25, -0.2) is 4.39 Å². The Morgan fingerprint density at radius 1 is 1.33 bits per heavy atom. The molecule has 0 heterocycles. The number of ether oxygens (including phenoxy) is 1. The summed E-state index contributed by atoms with van der Waals surface area (Å²) in [5.74, 6) is -0.477. The van der Waals surface area contributed by atoms with Gasteiger partial charge in [0.1, 0.15) is 5.82 Å². The Bertz CT molecular complexity index is 468. The van der Waals surface area contributed by atoms with Crippen LogP contribution in [0.4, 0.5) is 4.39 Å². The van der Waals surface area contributed by atoms with Gasteiger partial charge in [0.2, 0.25) is 5.91 Å². The van der Waals surface area contributed by atoms with Crippen molar-refractivity contribution in [1.29, 1.82) is 0 Å². The molecule has 1 aromatic carbocycles. The van der Waals surface area contributed by atoms with E-state index in [1.807, 2.05) is 6.92 Å². The largest absolute Gasteiger partial charge is 0.383 e. The Morgan fingerprint density at radius 3 is 2.62 bits per heavy atom. The van der Waals surface area contributed by atoms with E-state index in [2.05, 4.69) is 16.2 Å². The van der Waals surface area contributed by atoms with E-state index < -0.39 is 0 Å². The topological polar surface area (TPSA) is 62.4 Å². The number of benzene rings is 1. The molecule has 0 saturated carbocycles. The maximum atomic E-state index is 12.7.